The Kier molecular flexibility index (Phi) is 10.5. The molecule has 0 saturated carbocycles. The summed E-state index contributed by atoms with van der Waals surface area (Å²) >= 11 is 0. The van der Waals surface area contributed by atoms with Gasteiger partial charge >= 0.3 is 0 Å². The van der Waals surface area contributed by atoms with E-state index in [1.807, 2.05) is 0 Å². The zero-order chi connectivity index (χ0) is 30.3. The molecule has 220 valence electrons. The highest BCUT2D eigenvalue weighted by atomic mass is 19.1. The van der Waals surface area contributed by atoms with Crippen molar-refractivity contribution in [3.63, 3.8) is 0 Å². The first-order chi connectivity index (χ1) is 19.4. The summed E-state index contributed by atoms with van der Waals surface area (Å²) in [5.74, 6) is -8.31. The molecule has 41 heavy (non-hydrogen) atoms. The van der Waals surface area contributed by atoms with Gasteiger partial charge in [0.25, 0.3) is 5.91 Å². The molecule has 0 spiro atoms. The van der Waals surface area contributed by atoms with E-state index in [0.717, 1.165) is 5.56 Å². The first kappa shape index (κ1) is 31.1. The van der Waals surface area contributed by atoms with Crippen LogP contribution >= 0.6 is 0 Å². The van der Waals surface area contributed by atoms with E-state index in [4.69, 9.17) is 5.73 Å². The molecule has 0 radical (unpaired) electrons. The largest absolute Gasteiger partial charge is 0.368 e. The number of rotatable bonds is 11. The van der Waals surface area contributed by atoms with Gasteiger partial charge in [0, 0.05) is 25.1 Å². The Balaban J connectivity index is 1.70. The zero-order valence-electron chi connectivity index (χ0n) is 22.6. The lowest BCUT2D eigenvalue weighted by Gasteiger charge is -2.28. The molecule has 1 heterocycles. The van der Waals surface area contributed by atoms with Crippen LogP contribution in [0.5, 0.6) is 0 Å². The lowest BCUT2D eigenvalue weighted by Crippen LogP contribution is -2.58. The Labute approximate surface area is 234 Å². The maximum absolute atomic E-state index is 13.9. The molecule has 5 amide bonds. The summed E-state index contributed by atoms with van der Waals surface area (Å²) in [5.41, 5.74) is 5.12. The predicted octanol–water partition coefficient (Wildman–Crippen LogP) is 1.18. The Morgan fingerprint density at radius 1 is 1.00 bits per heavy atom. The minimum atomic E-state index is -1.43. The number of likely N-dealkylation sites (tertiary alicyclic amines) is 1. The molecule has 3 atom stereocenters. The van der Waals surface area contributed by atoms with E-state index in [1.165, 1.54) is 4.90 Å². The minimum Gasteiger partial charge on any atom is -0.368 e. The van der Waals surface area contributed by atoms with Gasteiger partial charge in [0.2, 0.25) is 23.6 Å². The number of nitrogens with two attached hydrogens (primary N) is 1. The molecule has 2 aromatic rings. The van der Waals surface area contributed by atoms with E-state index in [2.05, 4.69) is 16.0 Å². The normalized spacial score (nSPS) is 16.1. The van der Waals surface area contributed by atoms with Gasteiger partial charge in [-0.25, -0.2) is 13.2 Å². The van der Waals surface area contributed by atoms with Crippen molar-refractivity contribution in [1.82, 2.24) is 20.9 Å². The van der Waals surface area contributed by atoms with Crippen molar-refractivity contribution >= 4 is 29.5 Å². The van der Waals surface area contributed by atoms with Crippen LogP contribution in [-0.2, 0) is 25.6 Å². The number of nitrogens with zero attached hydrogens (tertiary/aromatic N) is 1. The Morgan fingerprint density at radius 3 is 2.22 bits per heavy atom. The second kappa shape index (κ2) is 13.8. The van der Waals surface area contributed by atoms with Crippen LogP contribution in [0, 0.1) is 23.4 Å². The number of benzene rings is 2. The summed E-state index contributed by atoms with van der Waals surface area (Å²) in [6.07, 6.45) is 0.807. The first-order valence-electron chi connectivity index (χ1n) is 13.0. The summed E-state index contributed by atoms with van der Waals surface area (Å²) in [5, 5.41) is 7.35. The maximum Gasteiger partial charge on any atom is 0.257 e. The molecule has 1 fully saturated rings. The lowest BCUT2D eigenvalue weighted by atomic mass is 10.0. The number of nitrogens with one attached hydrogen (secondary N) is 3. The quantitative estimate of drug-likeness (QED) is 0.318. The van der Waals surface area contributed by atoms with E-state index < -0.39 is 77.2 Å². The molecule has 2 aromatic carbocycles. The zero-order valence-corrected chi connectivity index (χ0v) is 22.6. The van der Waals surface area contributed by atoms with Crippen LogP contribution in [0.1, 0.15) is 42.6 Å². The van der Waals surface area contributed by atoms with Crippen LogP contribution in [0.4, 0.5) is 13.2 Å². The molecule has 0 aromatic heterocycles. The van der Waals surface area contributed by atoms with E-state index >= 15 is 0 Å². The smallest absolute Gasteiger partial charge is 0.257 e. The number of primary amides is 1. The molecule has 10 nitrogen and oxygen atoms in total. The topological polar surface area (TPSA) is 151 Å². The van der Waals surface area contributed by atoms with Gasteiger partial charge in [-0.2, -0.15) is 0 Å². The molecule has 1 aliphatic heterocycles. The highest BCUT2D eigenvalue weighted by Gasteiger charge is 2.36. The highest BCUT2D eigenvalue weighted by molar-refractivity contribution is 5.98. The van der Waals surface area contributed by atoms with Gasteiger partial charge in [-0.15, -0.1) is 0 Å². The van der Waals surface area contributed by atoms with Crippen LogP contribution in [-0.4, -0.2) is 65.7 Å². The number of carbonyl (C=O) groups excluding carboxylic acids is 5. The first-order valence-corrected chi connectivity index (χ1v) is 13.0. The molecule has 0 unspecified atom stereocenters. The van der Waals surface area contributed by atoms with Gasteiger partial charge in [-0.1, -0.05) is 44.2 Å². The molecule has 5 N–H and O–H groups in total. The van der Waals surface area contributed by atoms with Gasteiger partial charge in [-0.3, -0.25) is 24.0 Å². The van der Waals surface area contributed by atoms with Crippen molar-refractivity contribution in [2.24, 2.45) is 11.7 Å². The molecule has 13 heteroatoms. The standard InChI is InChI=1S/C28H32F3N5O5/c1-15(2)24(25(32)38)35-26(39)20(11-16-7-4-3-5-8-16)34-27(40)21-9-6-10-36(21)22(37)14-33-28(41)23-18(30)12-17(29)13-19(23)31/h3-5,7-8,12-13,15,20-21,24H,6,9-11,14H2,1-2H3,(H2,32,38)(H,33,41)(H,34,40)(H,35,39)/t20-,21-,24-/m0/s1/i29-1. The number of hydrogen-bond donors (Lipinski definition) is 4. The summed E-state index contributed by atoms with van der Waals surface area (Å²) < 4.78 is 41.0. The summed E-state index contributed by atoms with van der Waals surface area (Å²) in [6.45, 7) is 2.90. The summed E-state index contributed by atoms with van der Waals surface area (Å²) in [4.78, 5) is 64.7. The minimum absolute atomic E-state index is 0.0908. The Bertz CT molecular complexity index is 1280. The van der Waals surface area contributed by atoms with Crippen molar-refractivity contribution in [2.75, 3.05) is 13.1 Å². The third-order valence-corrected chi connectivity index (χ3v) is 6.70. The fourth-order valence-corrected chi connectivity index (χ4v) is 4.59. The van der Waals surface area contributed by atoms with Crippen LogP contribution < -0.4 is 21.7 Å². The van der Waals surface area contributed by atoms with Gasteiger partial charge in [0.1, 0.15) is 41.1 Å². The number of halogens is 3. The Hall–Kier alpha value is -4.42. The SMILES string of the molecule is CC(C)[C@H](NC(=O)[C@H](Cc1ccccc1)NC(=O)[C@@H]1CCCN1C(=O)CNC(=O)c1c(F)cc([18F])cc1F)C(N)=O. The Morgan fingerprint density at radius 2 is 1.63 bits per heavy atom. The van der Waals surface area contributed by atoms with E-state index in [-0.39, 0.29) is 25.3 Å². The van der Waals surface area contributed by atoms with Gasteiger partial charge in [-0.05, 0) is 24.3 Å². The fraction of sp³-hybridized carbons (Fsp3) is 0.393. The van der Waals surface area contributed by atoms with Crippen molar-refractivity contribution in [3.05, 3.63) is 71.0 Å². The van der Waals surface area contributed by atoms with E-state index in [0.29, 0.717) is 18.6 Å². The fourth-order valence-electron chi connectivity index (χ4n) is 4.59. The van der Waals surface area contributed by atoms with Crippen molar-refractivity contribution in [3.8, 4) is 0 Å². The van der Waals surface area contributed by atoms with E-state index in [1.54, 1.807) is 44.2 Å². The molecule has 1 aliphatic rings. The maximum atomic E-state index is 13.9. The monoisotopic (exact) mass is 574 g/mol. The third-order valence-electron chi connectivity index (χ3n) is 6.70. The van der Waals surface area contributed by atoms with Crippen molar-refractivity contribution < 1.29 is 37.1 Å². The number of hydrogen-bond acceptors (Lipinski definition) is 5. The van der Waals surface area contributed by atoms with Crippen LogP contribution in [0.25, 0.3) is 0 Å². The molecule has 0 aliphatic carbocycles. The van der Waals surface area contributed by atoms with Gasteiger partial charge < -0.3 is 26.6 Å². The van der Waals surface area contributed by atoms with Crippen LogP contribution in [0.3, 0.4) is 0 Å². The summed E-state index contributed by atoms with van der Waals surface area (Å²) in [6, 6.07) is 6.48. The average Bonchev–Trinajstić information content (AvgIpc) is 3.40. The molecular weight excluding hydrogens is 542 g/mol. The van der Waals surface area contributed by atoms with Crippen LogP contribution in [0.15, 0.2) is 42.5 Å². The molecule has 0 bridgehead atoms. The number of carbonyl (C=O) groups is 5. The highest BCUT2D eigenvalue weighted by Crippen LogP contribution is 2.19. The average molecular weight is 575 g/mol. The molecular formula is C28H32F3N5O5. The molecule has 1 saturated heterocycles. The second-order valence-corrected chi connectivity index (χ2v) is 10.1. The lowest BCUT2D eigenvalue weighted by molar-refractivity contribution is -0.139. The third kappa shape index (κ3) is 8.05. The van der Waals surface area contributed by atoms with Crippen LogP contribution in [0.2, 0.25) is 0 Å². The van der Waals surface area contributed by atoms with E-state index in [9.17, 15) is 37.1 Å². The van der Waals surface area contributed by atoms with Gasteiger partial charge in [0.05, 0.1) is 6.54 Å². The van der Waals surface area contributed by atoms with Crippen molar-refractivity contribution in [2.45, 2.75) is 51.2 Å². The number of amides is 5. The molecule has 3 rings (SSSR count). The van der Waals surface area contributed by atoms with Gasteiger partial charge in [0.15, 0.2) is 0 Å². The van der Waals surface area contributed by atoms with Crippen molar-refractivity contribution in [1.29, 1.82) is 0 Å². The second-order valence-electron chi connectivity index (χ2n) is 10.1. The summed E-state index contributed by atoms with van der Waals surface area (Å²) in [7, 11) is 0. The predicted molar refractivity (Wildman–Crippen MR) is 141 cm³/mol.